The molecule has 164 valence electrons. The lowest BCUT2D eigenvalue weighted by atomic mass is 9.45. The quantitative estimate of drug-likeness (QED) is 0.553. The molecular formula is C24H38O5. The maximum absolute atomic E-state index is 11.9. The molecule has 0 spiro atoms. The van der Waals surface area contributed by atoms with Crippen molar-refractivity contribution < 1.29 is 24.2 Å². The van der Waals surface area contributed by atoms with Gasteiger partial charge in [-0.25, -0.2) is 0 Å². The average Bonchev–Trinajstić information content (AvgIpc) is 2.61. The molecule has 1 unspecified atom stereocenters. The molecule has 0 heterocycles. The van der Waals surface area contributed by atoms with Gasteiger partial charge in [0.25, 0.3) is 0 Å². The van der Waals surface area contributed by atoms with Gasteiger partial charge in [0.15, 0.2) is 0 Å². The lowest BCUT2D eigenvalue weighted by molar-refractivity contribution is -0.165. The summed E-state index contributed by atoms with van der Waals surface area (Å²) in [5.41, 5.74) is 0.184. The van der Waals surface area contributed by atoms with Crippen LogP contribution in [-0.4, -0.2) is 35.4 Å². The highest BCUT2D eigenvalue weighted by atomic mass is 16.5. The van der Waals surface area contributed by atoms with Crippen LogP contribution in [0.2, 0.25) is 0 Å². The van der Waals surface area contributed by atoms with Gasteiger partial charge in [-0.1, -0.05) is 34.1 Å². The first-order valence-electron chi connectivity index (χ1n) is 11.2. The van der Waals surface area contributed by atoms with Gasteiger partial charge in [-0.2, -0.15) is 0 Å². The van der Waals surface area contributed by atoms with Gasteiger partial charge in [-0.05, 0) is 66.9 Å². The Morgan fingerprint density at radius 3 is 2.45 bits per heavy atom. The van der Waals surface area contributed by atoms with E-state index in [9.17, 15) is 14.7 Å². The fraction of sp³-hybridized carbons (Fsp3) is 0.833. The molecule has 5 heteroatoms. The van der Waals surface area contributed by atoms with Crippen molar-refractivity contribution in [3.63, 3.8) is 0 Å². The summed E-state index contributed by atoms with van der Waals surface area (Å²) < 4.78 is 11.3. The minimum Gasteiger partial charge on any atom is -0.465 e. The summed E-state index contributed by atoms with van der Waals surface area (Å²) in [6, 6.07) is 0. The summed E-state index contributed by atoms with van der Waals surface area (Å²) in [6.07, 6.45) is 7.29. The van der Waals surface area contributed by atoms with Gasteiger partial charge in [0.2, 0.25) is 0 Å². The molecular weight excluding hydrogens is 368 g/mol. The van der Waals surface area contributed by atoms with Crippen LogP contribution in [0, 0.1) is 28.6 Å². The van der Waals surface area contributed by atoms with Crippen molar-refractivity contribution in [3.05, 3.63) is 11.6 Å². The van der Waals surface area contributed by atoms with Gasteiger partial charge < -0.3 is 14.6 Å². The number of ether oxygens (including phenoxy) is 2. The van der Waals surface area contributed by atoms with E-state index in [4.69, 9.17) is 9.47 Å². The highest BCUT2D eigenvalue weighted by Gasteiger charge is 2.59. The highest BCUT2D eigenvalue weighted by molar-refractivity contribution is 5.66. The summed E-state index contributed by atoms with van der Waals surface area (Å²) in [5, 5.41) is 11.2. The first-order chi connectivity index (χ1) is 13.4. The Morgan fingerprint density at radius 2 is 1.86 bits per heavy atom. The van der Waals surface area contributed by atoms with E-state index in [0.29, 0.717) is 12.5 Å². The summed E-state index contributed by atoms with van der Waals surface area (Å²) in [5.74, 6) is 0.155. The Morgan fingerprint density at radius 1 is 1.17 bits per heavy atom. The number of carbonyl (C=O) groups is 2. The van der Waals surface area contributed by atoms with Crippen molar-refractivity contribution in [2.45, 2.75) is 91.8 Å². The van der Waals surface area contributed by atoms with Gasteiger partial charge in [-0.3, -0.25) is 9.59 Å². The number of hydrogen-bond donors (Lipinski definition) is 1. The molecule has 29 heavy (non-hydrogen) atoms. The molecule has 2 fully saturated rings. The molecule has 0 bridgehead atoms. The van der Waals surface area contributed by atoms with E-state index in [-0.39, 0.29) is 40.7 Å². The van der Waals surface area contributed by atoms with Gasteiger partial charge in [0.1, 0.15) is 6.10 Å². The Balaban J connectivity index is 2.02. The van der Waals surface area contributed by atoms with Gasteiger partial charge in [-0.15, -0.1) is 0 Å². The van der Waals surface area contributed by atoms with Crippen molar-refractivity contribution in [2.75, 3.05) is 6.61 Å². The third kappa shape index (κ3) is 3.99. The molecule has 0 aromatic carbocycles. The van der Waals surface area contributed by atoms with Crippen LogP contribution < -0.4 is 0 Å². The largest absolute Gasteiger partial charge is 0.465 e. The van der Waals surface area contributed by atoms with E-state index in [1.807, 2.05) is 19.9 Å². The van der Waals surface area contributed by atoms with E-state index in [1.165, 1.54) is 13.8 Å². The van der Waals surface area contributed by atoms with Crippen molar-refractivity contribution in [3.8, 4) is 0 Å². The monoisotopic (exact) mass is 406 g/mol. The maximum Gasteiger partial charge on any atom is 0.303 e. The second-order valence-electron chi connectivity index (χ2n) is 10.6. The van der Waals surface area contributed by atoms with Crippen LogP contribution in [-0.2, 0) is 19.1 Å². The molecule has 2 saturated carbocycles. The zero-order valence-corrected chi connectivity index (χ0v) is 18.9. The van der Waals surface area contributed by atoms with E-state index in [2.05, 4.69) is 13.8 Å². The van der Waals surface area contributed by atoms with Crippen LogP contribution in [0.5, 0.6) is 0 Å². The summed E-state index contributed by atoms with van der Waals surface area (Å²) in [6.45, 7) is 12.0. The van der Waals surface area contributed by atoms with E-state index in [0.717, 1.165) is 44.1 Å². The Bertz CT molecular complexity index is 697. The third-order valence-electron chi connectivity index (χ3n) is 8.28. The first-order valence-corrected chi connectivity index (χ1v) is 11.2. The smallest absolute Gasteiger partial charge is 0.303 e. The molecule has 0 aromatic rings. The van der Waals surface area contributed by atoms with Crippen LogP contribution in [0.15, 0.2) is 11.6 Å². The molecule has 5 nitrogen and oxygen atoms in total. The van der Waals surface area contributed by atoms with Crippen molar-refractivity contribution >= 4 is 11.9 Å². The molecule has 0 aromatic heterocycles. The van der Waals surface area contributed by atoms with Gasteiger partial charge >= 0.3 is 11.9 Å². The number of fused-ring (bicyclic) bond motifs is 3. The molecule has 6 atom stereocenters. The Labute approximate surface area is 175 Å². The number of hydrogen-bond acceptors (Lipinski definition) is 5. The summed E-state index contributed by atoms with van der Waals surface area (Å²) >= 11 is 0. The van der Waals surface area contributed by atoms with Crippen molar-refractivity contribution in [1.82, 2.24) is 0 Å². The van der Waals surface area contributed by atoms with E-state index < -0.39 is 5.60 Å². The fourth-order valence-electron chi connectivity index (χ4n) is 6.58. The maximum atomic E-state index is 11.9. The zero-order valence-electron chi connectivity index (χ0n) is 18.9. The molecule has 3 rings (SSSR count). The lowest BCUT2D eigenvalue weighted by Gasteiger charge is -2.61. The molecule has 0 aliphatic heterocycles. The summed E-state index contributed by atoms with van der Waals surface area (Å²) in [7, 11) is 0. The second-order valence-corrected chi connectivity index (χ2v) is 10.6. The van der Waals surface area contributed by atoms with Crippen LogP contribution in [0.3, 0.4) is 0 Å². The van der Waals surface area contributed by atoms with Crippen LogP contribution in [0.4, 0.5) is 0 Å². The zero-order chi connectivity index (χ0) is 21.6. The standard InChI is InChI=1S/C24H38O5/c1-15(2)24(27)11-8-19-18(13-24)20(29-17(4)26)12-21-22(5,14-28-16(3)25)9-7-10-23(19,21)6/h13,15,19-21,27H,7-12,14H2,1-6H3/t19-,20+,21?,22-,23+,24+/m0/s1. The first kappa shape index (κ1) is 22.3. The topological polar surface area (TPSA) is 72.8 Å². The van der Waals surface area contributed by atoms with Crippen LogP contribution in [0.25, 0.3) is 0 Å². The predicted molar refractivity (Wildman–Crippen MR) is 111 cm³/mol. The summed E-state index contributed by atoms with van der Waals surface area (Å²) in [4.78, 5) is 23.4. The molecule has 0 amide bonds. The number of rotatable bonds is 4. The van der Waals surface area contributed by atoms with Gasteiger partial charge in [0, 0.05) is 19.3 Å². The average molecular weight is 407 g/mol. The van der Waals surface area contributed by atoms with Crippen molar-refractivity contribution in [2.24, 2.45) is 28.6 Å². The molecule has 0 radical (unpaired) electrons. The third-order valence-corrected chi connectivity index (χ3v) is 8.28. The molecule has 3 aliphatic carbocycles. The van der Waals surface area contributed by atoms with Gasteiger partial charge in [0.05, 0.1) is 12.2 Å². The SMILES string of the molecule is CC(=O)OC[C@]1(C)CCC[C@@]2(C)C1C[C@@H](OC(C)=O)C1=C[C@@](O)(C(C)C)CC[C@@H]12. The fourth-order valence-corrected chi connectivity index (χ4v) is 6.58. The minimum absolute atomic E-state index is 0.0495. The number of carbonyl (C=O) groups excluding carboxylic acids is 2. The normalized spacial score (nSPS) is 41.8. The minimum atomic E-state index is -0.844. The molecule has 0 saturated heterocycles. The van der Waals surface area contributed by atoms with Crippen LogP contribution >= 0.6 is 0 Å². The Kier molecular flexibility index (Phi) is 5.94. The number of esters is 2. The Hall–Kier alpha value is -1.36. The van der Waals surface area contributed by atoms with E-state index in [1.54, 1.807) is 0 Å². The van der Waals surface area contributed by atoms with Crippen LogP contribution in [0.1, 0.15) is 80.1 Å². The van der Waals surface area contributed by atoms with E-state index >= 15 is 0 Å². The van der Waals surface area contributed by atoms with Crippen molar-refractivity contribution in [1.29, 1.82) is 0 Å². The highest BCUT2D eigenvalue weighted by Crippen LogP contribution is 2.64. The second kappa shape index (κ2) is 7.72. The predicted octanol–water partition coefficient (Wildman–Crippen LogP) is 4.42. The number of aliphatic hydroxyl groups is 1. The lowest BCUT2D eigenvalue weighted by Crippen LogP contribution is -2.57. The molecule has 3 aliphatic rings. The molecule has 1 N–H and O–H groups in total.